The van der Waals surface area contributed by atoms with Crippen molar-refractivity contribution in [3.63, 3.8) is 0 Å². The van der Waals surface area contributed by atoms with Crippen LogP contribution in [-0.4, -0.2) is 46.8 Å². The van der Waals surface area contributed by atoms with Gasteiger partial charge in [-0.3, -0.25) is 9.67 Å². The maximum Gasteiger partial charge on any atom is 0.193 e. The first-order valence-corrected chi connectivity index (χ1v) is 6.80. The molecule has 0 amide bonds. The number of nitrogens with zero attached hydrogens (tertiary/aromatic N) is 4. The number of guanidine groups is 1. The average Bonchev–Trinajstić information content (AvgIpc) is 2.99. The molecule has 19 heavy (non-hydrogen) atoms. The van der Waals surface area contributed by atoms with Gasteiger partial charge in [0.2, 0.25) is 0 Å². The number of aryl methyl sites for hydroxylation is 1. The standard InChI is InChI=1S/C13H23N5.HI/c1-3-14-13(18-8-4-5-9-18)15-7-6-12-10-16-17(2)11-12;/h10-11H,3-9H2,1-2H3,(H,14,15);1H. The summed E-state index contributed by atoms with van der Waals surface area (Å²) in [7, 11) is 1.95. The Morgan fingerprint density at radius 2 is 2.16 bits per heavy atom. The molecule has 0 bridgehead atoms. The number of halogens is 1. The summed E-state index contributed by atoms with van der Waals surface area (Å²) in [5.41, 5.74) is 1.25. The highest BCUT2D eigenvalue weighted by Gasteiger charge is 2.15. The molecule has 0 spiro atoms. The molecule has 0 aliphatic carbocycles. The van der Waals surface area contributed by atoms with Crippen LogP contribution in [0, 0.1) is 0 Å². The molecule has 6 heteroatoms. The maximum absolute atomic E-state index is 4.69. The molecule has 1 aromatic rings. The molecule has 0 saturated carbocycles. The lowest BCUT2D eigenvalue weighted by molar-refractivity contribution is 0.494. The predicted octanol–water partition coefficient (Wildman–Crippen LogP) is 1.64. The molecule has 108 valence electrons. The number of hydrogen-bond acceptors (Lipinski definition) is 2. The highest BCUT2D eigenvalue weighted by atomic mass is 127. The first kappa shape index (κ1) is 16.3. The number of aliphatic imine (C=N–C) groups is 1. The lowest BCUT2D eigenvalue weighted by Crippen LogP contribution is -2.39. The van der Waals surface area contributed by atoms with Crippen molar-refractivity contribution in [2.45, 2.75) is 26.2 Å². The smallest absolute Gasteiger partial charge is 0.193 e. The van der Waals surface area contributed by atoms with Gasteiger partial charge in [-0.25, -0.2) is 0 Å². The quantitative estimate of drug-likeness (QED) is 0.493. The molecule has 0 radical (unpaired) electrons. The van der Waals surface area contributed by atoms with Crippen LogP contribution in [0.4, 0.5) is 0 Å². The van der Waals surface area contributed by atoms with Crippen LogP contribution < -0.4 is 5.32 Å². The van der Waals surface area contributed by atoms with E-state index in [1.807, 2.05) is 17.9 Å². The lowest BCUT2D eigenvalue weighted by atomic mass is 10.3. The number of likely N-dealkylation sites (tertiary alicyclic amines) is 1. The summed E-state index contributed by atoms with van der Waals surface area (Å²) in [5, 5.41) is 7.54. The van der Waals surface area contributed by atoms with E-state index in [1.54, 1.807) is 0 Å². The van der Waals surface area contributed by atoms with Gasteiger partial charge in [0, 0.05) is 39.4 Å². The zero-order valence-corrected chi connectivity index (χ0v) is 14.1. The molecule has 1 aliphatic rings. The number of nitrogens with one attached hydrogen (secondary N) is 1. The van der Waals surface area contributed by atoms with Crippen LogP contribution in [0.3, 0.4) is 0 Å². The van der Waals surface area contributed by atoms with Gasteiger partial charge in [0.25, 0.3) is 0 Å². The Balaban J connectivity index is 0.00000180. The van der Waals surface area contributed by atoms with Crippen molar-refractivity contribution in [2.75, 3.05) is 26.2 Å². The van der Waals surface area contributed by atoms with Crippen molar-refractivity contribution in [1.29, 1.82) is 0 Å². The molecule has 1 fully saturated rings. The van der Waals surface area contributed by atoms with Crippen LogP contribution in [0.25, 0.3) is 0 Å². The Morgan fingerprint density at radius 3 is 2.74 bits per heavy atom. The summed E-state index contributed by atoms with van der Waals surface area (Å²) in [6.45, 7) is 6.15. The fraction of sp³-hybridized carbons (Fsp3) is 0.692. The van der Waals surface area contributed by atoms with E-state index in [0.717, 1.165) is 38.6 Å². The van der Waals surface area contributed by atoms with Crippen molar-refractivity contribution in [3.05, 3.63) is 18.0 Å². The second-order valence-corrected chi connectivity index (χ2v) is 4.70. The number of aromatic nitrogens is 2. The summed E-state index contributed by atoms with van der Waals surface area (Å²) >= 11 is 0. The van der Waals surface area contributed by atoms with Crippen molar-refractivity contribution >= 4 is 29.9 Å². The van der Waals surface area contributed by atoms with Gasteiger partial charge in [0.05, 0.1) is 6.20 Å². The topological polar surface area (TPSA) is 45.5 Å². The molecule has 0 unspecified atom stereocenters. The monoisotopic (exact) mass is 377 g/mol. The fourth-order valence-electron chi connectivity index (χ4n) is 2.25. The van der Waals surface area contributed by atoms with Gasteiger partial charge in [-0.05, 0) is 31.7 Å². The van der Waals surface area contributed by atoms with Crippen LogP contribution in [0.2, 0.25) is 0 Å². The molecule has 1 N–H and O–H groups in total. The van der Waals surface area contributed by atoms with E-state index in [9.17, 15) is 0 Å². The van der Waals surface area contributed by atoms with Crippen LogP contribution in [0.5, 0.6) is 0 Å². The average molecular weight is 377 g/mol. The van der Waals surface area contributed by atoms with Crippen molar-refractivity contribution in [2.24, 2.45) is 12.0 Å². The third-order valence-corrected chi connectivity index (χ3v) is 3.16. The van der Waals surface area contributed by atoms with E-state index in [0.29, 0.717) is 0 Å². The largest absolute Gasteiger partial charge is 0.357 e. The van der Waals surface area contributed by atoms with Gasteiger partial charge in [-0.2, -0.15) is 5.10 Å². The summed E-state index contributed by atoms with van der Waals surface area (Å²) < 4.78 is 1.84. The summed E-state index contributed by atoms with van der Waals surface area (Å²) in [5.74, 6) is 1.07. The third kappa shape index (κ3) is 5.00. The summed E-state index contributed by atoms with van der Waals surface area (Å²) in [6.07, 6.45) is 7.49. The minimum absolute atomic E-state index is 0. The van der Waals surface area contributed by atoms with Gasteiger partial charge in [0.1, 0.15) is 0 Å². The van der Waals surface area contributed by atoms with Gasteiger partial charge in [-0.15, -0.1) is 24.0 Å². The highest BCUT2D eigenvalue weighted by molar-refractivity contribution is 14.0. The molecule has 2 heterocycles. The fourth-order valence-corrected chi connectivity index (χ4v) is 2.25. The van der Waals surface area contributed by atoms with E-state index < -0.39 is 0 Å². The van der Waals surface area contributed by atoms with Crippen molar-refractivity contribution < 1.29 is 0 Å². The van der Waals surface area contributed by atoms with Crippen molar-refractivity contribution in [3.8, 4) is 0 Å². The van der Waals surface area contributed by atoms with Crippen LogP contribution >= 0.6 is 24.0 Å². The second kappa shape index (κ2) is 8.39. The second-order valence-electron chi connectivity index (χ2n) is 4.70. The highest BCUT2D eigenvalue weighted by Crippen LogP contribution is 2.07. The third-order valence-electron chi connectivity index (χ3n) is 3.16. The van der Waals surface area contributed by atoms with E-state index in [-0.39, 0.29) is 24.0 Å². The molecule has 1 aromatic heterocycles. The lowest BCUT2D eigenvalue weighted by Gasteiger charge is -2.20. The molecular formula is C13H24IN5. The number of hydrogen-bond donors (Lipinski definition) is 1. The van der Waals surface area contributed by atoms with E-state index in [4.69, 9.17) is 4.99 Å². The SMILES string of the molecule is CCNC(=NCCc1cnn(C)c1)N1CCCC1.I. The Bertz CT molecular complexity index is 395. The first-order valence-electron chi connectivity index (χ1n) is 6.80. The minimum atomic E-state index is 0. The van der Waals surface area contributed by atoms with Crippen LogP contribution in [0.15, 0.2) is 17.4 Å². The maximum atomic E-state index is 4.69. The molecule has 0 aromatic carbocycles. The Morgan fingerprint density at radius 1 is 1.42 bits per heavy atom. The Hall–Kier alpha value is -0.790. The molecule has 5 nitrogen and oxygen atoms in total. The van der Waals surface area contributed by atoms with Crippen LogP contribution in [0.1, 0.15) is 25.3 Å². The van der Waals surface area contributed by atoms with E-state index >= 15 is 0 Å². The summed E-state index contributed by atoms with van der Waals surface area (Å²) in [4.78, 5) is 7.05. The van der Waals surface area contributed by atoms with E-state index in [2.05, 4.69) is 28.4 Å². The van der Waals surface area contributed by atoms with Gasteiger partial charge >= 0.3 is 0 Å². The molecule has 0 atom stereocenters. The van der Waals surface area contributed by atoms with Crippen LogP contribution in [-0.2, 0) is 13.5 Å². The predicted molar refractivity (Wildman–Crippen MR) is 89.1 cm³/mol. The zero-order valence-electron chi connectivity index (χ0n) is 11.8. The Kier molecular flexibility index (Phi) is 7.19. The molecule has 1 aliphatic heterocycles. The minimum Gasteiger partial charge on any atom is -0.357 e. The van der Waals surface area contributed by atoms with E-state index in [1.165, 1.54) is 18.4 Å². The van der Waals surface area contributed by atoms with Crippen molar-refractivity contribution in [1.82, 2.24) is 20.0 Å². The zero-order chi connectivity index (χ0) is 12.8. The van der Waals surface area contributed by atoms with Gasteiger partial charge in [0.15, 0.2) is 5.96 Å². The molecule has 1 saturated heterocycles. The first-order chi connectivity index (χ1) is 8.79. The Labute approximate surface area is 132 Å². The summed E-state index contributed by atoms with van der Waals surface area (Å²) in [6, 6.07) is 0. The molecular weight excluding hydrogens is 353 g/mol. The number of rotatable bonds is 4. The van der Waals surface area contributed by atoms with Gasteiger partial charge in [-0.1, -0.05) is 0 Å². The normalized spacial score (nSPS) is 15.5. The molecule has 2 rings (SSSR count). The van der Waals surface area contributed by atoms with Gasteiger partial charge < -0.3 is 10.2 Å².